The van der Waals surface area contributed by atoms with Gasteiger partial charge in [-0.15, -0.1) is 0 Å². The molecule has 1 fully saturated rings. The van der Waals surface area contributed by atoms with Crippen LogP contribution < -0.4 is 5.32 Å². The van der Waals surface area contributed by atoms with Crippen LogP contribution in [0, 0.1) is 5.92 Å². The van der Waals surface area contributed by atoms with Crippen molar-refractivity contribution in [2.24, 2.45) is 5.92 Å². The molecule has 2 heterocycles. The average molecular weight is 266 g/mol. The summed E-state index contributed by atoms with van der Waals surface area (Å²) in [4.78, 5) is 30.1. The third-order valence-electron chi connectivity index (χ3n) is 3.19. The summed E-state index contributed by atoms with van der Waals surface area (Å²) < 4.78 is 4.67. The van der Waals surface area contributed by atoms with Crippen LogP contribution in [-0.4, -0.2) is 38.4 Å². The van der Waals surface area contributed by atoms with Crippen molar-refractivity contribution in [2.45, 2.75) is 45.8 Å². The molecule has 1 unspecified atom stereocenters. The maximum atomic E-state index is 12.5. The van der Waals surface area contributed by atoms with Gasteiger partial charge < -0.3 is 14.7 Å². The summed E-state index contributed by atoms with van der Waals surface area (Å²) in [5.74, 6) is 0.107. The van der Waals surface area contributed by atoms with Crippen LogP contribution in [0.25, 0.3) is 0 Å². The second kappa shape index (κ2) is 4.64. The van der Waals surface area contributed by atoms with Crippen molar-refractivity contribution < 1.29 is 14.1 Å². The third-order valence-corrected chi connectivity index (χ3v) is 3.19. The Morgan fingerprint density at radius 3 is 2.68 bits per heavy atom. The number of amides is 2. The lowest BCUT2D eigenvalue weighted by atomic mass is 9.91. The molecule has 0 saturated carbocycles. The Morgan fingerprint density at radius 1 is 1.47 bits per heavy atom. The van der Waals surface area contributed by atoms with Gasteiger partial charge in [0.2, 0.25) is 18.2 Å². The van der Waals surface area contributed by atoms with Gasteiger partial charge in [-0.05, 0) is 19.8 Å². The molecule has 19 heavy (non-hydrogen) atoms. The molecule has 0 bridgehead atoms. The normalized spacial score (nSPS) is 22.8. The minimum atomic E-state index is -0.911. The van der Waals surface area contributed by atoms with Crippen LogP contribution in [0.1, 0.15) is 33.5 Å². The third kappa shape index (κ3) is 2.45. The van der Waals surface area contributed by atoms with Gasteiger partial charge in [-0.3, -0.25) is 9.59 Å². The molecule has 0 spiro atoms. The van der Waals surface area contributed by atoms with E-state index in [9.17, 15) is 9.59 Å². The van der Waals surface area contributed by atoms with Crippen LogP contribution in [-0.2, 0) is 16.1 Å². The first kappa shape index (κ1) is 13.5. The van der Waals surface area contributed by atoms with E-state index in [1.165, 1.54) is 11.3 Å². The molecule has 0 radical (unpaired) electrons. The molecule has 1 aliphatic rings. The van der Waals surface area contributed by atoms with Gasteiger partial charge in [-0.25, -0.2) is 0 Å². The fourth-order valence-corrected chi connectivity index (χ4v) is 2.31. The van der Waals surface area contributed by atoms with Gasteiger partial charge in [-0.1, -0.05) is 19.0 Å². The van der Waals surface area contributed by atoms with Crippen molar-refractivity contribution in [2.75, 3.05) is 0 Å². The zero-order chi connectivity index (χ0) is 14.2. The fourth-order valence-electron chi connectivity index (χ4n) is 2.31. The largest absolute Gasteiger partial charge is 0.343 e. The van der Waals surface area contributed by atoms with Gasteiger partial charge in [0, 0.05) is 0 Å². The highest BCUT2D eigenvalue weighted by Gasteiger charge is 2.46. The van der Waals surface area contributed by atoms with Crippen molar-refractivity contribution >= 4 is 11.8 Å². The second-order valence-electron chi connectivity index (χ2n) is 5.58. The highest BCUT2D eigenvalue weighted by Crippen LogP contribution is 2.23. The first-order valence-corrected chi connectivity index (χ1v) is 6.21. The molecular weight excluding hydrogens is 248 g/mol. The maximum Gasteiger partial charge on any atom is 0.248 e. The summed E-state index contributed by atoms with van der Waals surface area (Å²) in [5.41, 5.74) is -0.911. The van der Waals surface area contributed by atoms with E-state index in [0.717, 1.165) is 0 Å². The first-order valence-electron chi connectivity index (χ1n) is 6.21. The predicted octanol–water partition coefficient (Wildman–Crippen LogP) is 0.331. The zero-order valence-electron chi connectivity index (χ0n) is 11.5. The molecule has 1 aliphatic heterocycles. The fraction of sp³-hybridized carbons (Fsp3) is 0.667. The summed E-state index contributed by atoms with van der Waals surface area (Å²) in [6, 6.07) is -0.515. The number of hydrogen-bond acceptors (Lipinski definition) is 5. The van der Waals surface area contributed by atoms with Gasteiger partial charge in [0.1, 0.15) is 11.6 Å². The Labute approximate surface area is 111 Å². The minimum Gasteiger partial charge on any atom is -0.343 e. The summed E-state index contributed by atoms with van der Waals surface area (Å²) in [7, 11) is 0. The number of hydrogen-bond donors (Lipinski definition) is 1. The van der Waals surface area contributed by atoms with E-state index in [0.29, 0.717) is 5.82 Å². The molecule has 1 aromatic heterocycles. The van der Waals surface area contributed by atoms with E-state index in [2.05, 4.69) is 20.0 Å². The van der Waals surface area contributed by atoms with E-state index >= 15 is 0 Å². The molecular formula is C12H18N4O3. The molecule has 7 nitrogen and oxygen atoms in total. The predicted molar refractivity (Wildman–Crippen MR) is 65.7 cm³/mol. The Hall–Kier alpha value is -1.92. The van der Waals surface area contributed by atoms with Crippen LogP contribution in [0.4, 0.5) is 0 Å². The van der Waals surface area contributed by atoms with Gasteiger partial charge in [0.05, 0.1) is 6.54 Å². The van der Waals surface area contributed by atoms with Gasteiger partial charge >= 0.3 is 0 Å². The molecule has 1 aromatic rings. The molecule has 1 N–H and O–H groups in total. The van der Waals surface area contributed by atoms with E-state index in [1.54, 1.807) is 13.8 Å². The number of nitrogens with zero attached hydrogens (tertiary/aromatic N) is 3. The monoisotopic (exact) mass is 266 g/mol. The van der Waals surface area contributed by atoms with E-state index in [1.807, 2.05) is 13.8 Å². The number of carbonyl (C=O) groups excluding carboxylic acids is 2. The van der Waals surface area contributed by atoms with Crippen LogP contribution >= 0.6 is 0 Å². The molecule has 7 heteroatoms. The molecule has 0 aliphatic carbocycles. The Morgan fingerprint density at radius 2 is 2.16 bits per heavy atom. The van der Waals surface area contributed by atoms with E-state index in [-0.39, 0.29) is 24.3 Å². The standard InChI is InChI=1S/C12H18N4O3/c1-7(2)9-10(17)14-12(3,4)11(18)16(9)5-8-13-6-19-15-8/h6-7,9H,5H2,1-4H3,(H,14,17). The SMILES string of the molecule is CC(C)C1C(=O)NC(C)(C)C(=O)N1Cc1ncon1. The van der Waals surface area contributed by atoms with Crippen molar-refractivity contribution in [1.29, 1.82) is 0 Å². The molecule has 104 valence electrons. The van der Waals surface area contributed by atoms with E-state index < -0.39 is 11.6 Å². The van der Waals surface area contributed by atoms with Gasteiger partial charge in [0.15, 0.2) is 5.82 Å². The second-order valence-corrected chi connectivity index (χ2v) is 5.58. The van der Waals surface area contributed by atoms with Crippen molar-refractivity contribution in [3.63, 3.8) is 0 Å². The zero-order valence-corrected chi connectivity index (χ0v) is 11.5. The smallest absolute Gasteiger partial charge is 0.248 e. The molecule has 2 rings (SSSR count). The summed E-state index contributed by atoms with van der Waals surface area (Å²) >= 11 is 0. The Balaban J connectivity index is 2.32. The van der Waals surface area contributed by atoms with Crippen LogP contribution in [0.3, 0.4) is 0 Å². The number of piperazine rings is 1. The first-order chi connectivity index (χ1) is 8.83. The Bertz CT molecular complexity index is 481. The lowest BCUT2D eigenvalue weighted by Gasteiger charge is -2.43. The Kier molecular flexibility index (Phi) is 3.30. The number of aromatic nitrogens is 2. The minimum absolute atomic E-state index is 0.00644. The quantitative estimate of drug-likeness (QED) is 0.851. The summed E-state index contributed by atoms with van der Waals surface area (Å²) in [5, 5.41) is 6.45. The van der Waals surface area contributed by atoms with Crippen molar-refractivity contribution in [3.05, 3.63) is 12.2 Å². The number of rotatable bonds is 3. The highest BCUT2D eigenvalue weighted by atomic mass is 16.5. The summed E-state index contributed by atoms with van der Waals surface area (Å²) in [6.07, 6.45) is 1.21. The number of nitrogens with one attached hydrogen (secondary N) is 1. The molecule has 1 saturated heterocycles. The van der Waals surface area contributed by atoms with Crippen LogP contribution in [0.5, 0.6) is 0 Å². The van der Waals surface area contributed by atoms with Crippen molar-refractivity contribution in [3.8, 4) is 0 Å². The molecule has 2 amide bonds. The number of carbonyl (C=O) groups is 2. The average Bonchev–Trinajstić information content (AvgIpc) is 2.77. The van der Waals surface area contributed by atoms with Crippen LogP contribution in [0.15, 0.2) is 10.9 Å². The molecule has 0 aromatic carbocycles. The van der Waals surface area contributed by atoms with Crippen LogP contribution in [0.2, 0.25) is 0 Å². The topological polar surface area (TPSA) is 88.3 Å². The lowest BCUT2D eigenvalue weighted by molar-refractivity contribution is -0.156. The molecule has 1 atom stereocenters. The van der Waals surface area contributed by atoms with Gasteiger partial charge in [0.25, 0.3) is 0 Å². The maximum absolute atomic E-state index is 12.5. The van der Waals surface area contributed by atoms with Gasteiger partial charge in [-0.2, -0.15) is 4.98 Å². The summed E-state index contributed by atoms with van der Waals surface area (Å²) in [6.45, 7) is 7.35. The highest BCUT2D eigenvalue weighted by molar-refractivity contribution is 5.99. The van der Waals surface area contributed by atoms with Crippen molar-refractivity contribution in [1.82, 2.24) is 20.4 Å². The van der Waals surface area contributed by atoms with E-state index in [4.69, 9.17) is 0 Å². The lowest BCUT2D eigenvalue weighted by Crippen LogP contribution is -2.68.